The monoisotopic (exact) mass is 206 g/mol. The number of rotatable bonds is 7. The molecule has 1 N–H and O–H groups in total. The zero-order chi connectivity index (χ0) is 10.9. The predicted octanol–water partition coefficient (Wildman–Crippen LogP) is 3.56. The predicted molar refractivity (Wildman–Crippen MR) is 64.9 cm³/mol. The van der Waals surface area contributed by atoms with Crippen LogP contribution in [0.5, 0.6) is 0 Å². The molecule has 0 spiro atoms. The van der Waals surface area contributed by atoms with Gasteiger partial charge in [-0.1, -0.05) is 62.9 Å². The summed E-state index contributed by atoms with van der Waals surface area (Å²) in [7, 11) is 0. The third-order valence-corrected chi connectivity index (χ3v) is 2.71. The minimum absolute atomic E-state index is 0.163. The Morgan fingerprint density at radius 3 is 2.47 bits per heavy atom. The van der Waals surface area contributed by atoms with E-state index in [0.717, 1.165) is 19.3 Å². The van der Waals surface area contributed by atoms with Gasteiger partial charge in [0.1, 0.15) is 0 Å². The Morgan fingerprint density at radius 2 is 1.80 bits per heavy atom. The van der Waals surface area contributed by atoms with E-state index in [9.17, 15) is 5.11 Å². The fourth-order valence-corrected chi connectivity index (χ4v) is 1.79. The van der Waals surface area contributed by atoms with Crippen molar-refractivity contribution in [1.29, 1.82) is 0 Å². The van der Waals surface area contributed by atoms with E-state index < -0.39 is 0 Å². The van der Waals surface area contributed by atoms with Gasteiger partial charge in [-0.15, -0.1) is 0 Å². The highest BCUT2D eigenvalue weighted by molar-refractivity contribution is 5.15. The molecule has 0 bridgehead atoms. The number of unbranched alkanes of at least 4 members (excludes halogenated alkanes) is 3. The molecule has 1 heteroatoms. The van der Waals surface area contributed by atoms with Crippen molar-refractivity contribution < 1.29 is 5.11 Å². The molecule has 0 unspecified atom stereocenters. The molecule has 0 fully saturated rings. The van der Waals surface area contributed by atoms with Crippen molar-refractivity contribution in [3.63, 3.8) is 0 Å². The smallest absolute Gasteiger partial charge is 0.0580 e. The summed E-state index contributed by atoms with van der Waals surface area (Å²) in [6.45, 7) is 2.21. The van der Waals surface area contributed by atoms with Gasteiger partial charge >= 0.3 is 0 Å². The maximum Gasteiger partial charge on any atom is 0.0580 e. The second kappa shape index (κ2) is 7.47. The standard InChI is InChI=1S/C14H22O/c1-2-3-4-8-11-14(15)12-13-9-6-5-7-10-13/h5-7,9-10,14-15H,2-4,8,11-12H2,1H3/t14-/m1/s1. The Bertz CT molecular complexity index is 243. The number of benzene rings is 1. The first-order chi connectivity index (χ1) is 7.33. The minimum Gasteiger partial charge on any atom is -0.393 e. The molecule has 0 aliphatic carbocycles. The summed E-state index contributed by atoms with van der Waals surface area (Å²) < 4.78 is 0. The minimum atomic E-state index is -0.163. The van der Waals surface area contributed by atoms with Crippen LogP contribution < -0.4 is 0 Å². The second-order valence-corrected chi connectivity index (χ2v) is 4.19. The van der Waals surface area contributed by atoms with E-state index in [0.29, 0.717) is 0 Å². The topological polar surface area (TPSA) is 20.2 Å². The zero-order valence-corrected chi connectivity index (χ0v) is 9.65. The van der Waals surface area contributed by atoms with Gasteiger partial charge in [-0.2, -0.15) is 0 Å². The first kappa shape index (κ1) is 12.3. The van der Waals surface area contributed by atoms with Crippen LogP contribution >= 0.6 is 0 Å². The van der Waals surface area contributed by atoms with Crippen LogP contribution in [0, 0.1) is 0 Å². The van der Waals surface area contributed by atoms with Crippen molar-refractivity contribution in [2.24, 2.45) is 0 Å². The van der Waals surface area contributed by atoms with Gasteiger partial charge in [0, 0.05) is 0 Å². The van der Waals surface area contributed by atoms with Crippen LogP contribution in [0.4, 0.5) is 0 Å². The lowest BCUT2D eigenvalue weighted by atomic mass is 10.0. The van der Waals surface area contributed by atoms with Crippen LogP contribution in [0.1, 0.15) is 44.6 Å². The molecule has 0 amide bonds. The summed E-state index contributed by atoms with van der Waals surface area (Å²) >= 11 is 0. The van der Waals surface area contributed by atoms with Crippen LogP contribution in [-0.2, 0) is 6.42 Å². The fourth-order valence-electron chi connectivity index (χ4n) is 1.79. The van der Waals surface area contributed by atoms with Gasteiger partial charge in [0.05, 0.1) is 6.10 Å². The first-order valence-corrected chi connectivity index (χ1v) is 6.05. The summed E-state index contributed by atoms with van der Waals surface area (Å²) in [5.74, 6) is 0. The van der Waals surface area contributed by atoms with Gasteiger partial charge in [0.2, 0.25) is 0 Å². The summed E-state index contributed by atoms with van der Waals surface area (Å²) in [4.78, 5) is 0. The van der Waals surface area contributed by atoms with Crippen molar-refractivity contribution in [3.05, 3.63) is 35.9 Å². The van der Waals surface area contributed by atoms with Gasteiger partial charge in [0.25, 0.3) is 0 Å². The molecule has 0 saturated heterocycles. The van der Waals surface area contributed by atoms with Gasteiger partial charge in [-0.25, -0.2) is 0 Å². The van der Waals surface area contributed by atoms with Crippen molar-refractivity contribution in [2.45, 2.75) is 51.6 Å². The number of hydrogen-bond acceptors (Lipinski definition) is 1. The Morgan fingerprint density at radius 1 is 1.07 bits per heavy atom. The van der Waals surface area contributed by atoms with E-state index in [1.165, 1.54) is 24.8 Å². The van der Waals surface area contributed by atoms with E-state index in [1.54, 1.807) is 0 Å². The largest absolute Gasteiger partial charge is 0.393 e. The summed E-state index contributed by atoms with van der Waals surface area (Å²) in [6.07, 6.45) is 6.53. The third kappa shape index (κ3) is 5.58. The van der Waals surface area contributed by atoms with E-state index in [4.69, 9.17) is 0 Å². The van der Waals surface area contributed by atoms with Crippen molar-refractivity contribution >= 4 is 0 Å². The Hall–Kier alpha value is -0.820. The highest BCUT2D eigenvalue weighted by Gasteiger charge is 2.04. The molecule has 0 saturated carbocycles. The average molecular weight is 206 g/mol. The maximum absolute atomic E-state index is 9.80. The van der Waals surface area contributed by atoms with Gasteiger partial charge in [-0.05, 0) is 18.4 Å². The molecule has 1 rings (SSSR count). The Balaban J connectivity index is 2.16. The maximum atomic E-state index is 9.80. The molecule has 0 heterocycles. The average Bonchev–Trinajstić information content (AvgIpc) is 2.26. The van der Waals surface area contributed by atoms with Crippen molar-refractivity contribution in [3.8, 4) is 0 Å². The highest BCUT2D eigenvalue weighted by Crippen LogP contribution is 2.10. The van der Waals surface area contributed by atoms with Gasteiger partial charge in [-0.3, -0.25) is 0 Å². The van der Waals surface area contributed by atoms with E-state index in [1.807, 2.05) is 18.2 Å². The van der Waals surface area contributed by atoms with Crippen LogP contribution in [0.25, 0.3) is 0 Å². The molecule has 0 radical (unpaired) electrons. The van der Waals surface area contributed by atoms with Gasteiger partial charge < -0.3 is 5.11 Å². The molecule has 0 aliphatic heterocycles. The molecule has 1 atom stereocenters. The normalized spacial score (nSPS) is 12.7. The molecule has 0 aliphatic rings. The van der Waals surface area contributed by atoms with Crippen LogP contribution in [0.2, 0.25) is 0 Å². The van der Waals surface area contributed by atoms with Crippen molar-refractivity contribution in [1.82, 2.24) is 0 Å². The quantitative estimate of drug-likeness (QED) is 0.676. The van der Waals surface area contributed by atoms with E-state index in [-0.39, 0.29) is 6.10 Å². The zero-order valence-electron chi connectivity index (χ0n) is 9.65. The van der Waals surface area contributed by atoms with Gasteiger partial charge in [0.15, 0.2) is 0 Å². The molecular weight excluding hydrogens is 184 g/mol. The summed E-state index contributed by atoms with van der Waals surface area (Å²) in [6, 6.07) is 10.2. The molecular formula is C14H22O. The van der Waals surface area contributed by atoms with Crippen LogP contribution in [-0.4, -0.2) is 11.2 Å². The fraction of sp³-hybridized carbons (Fsp3) is 0.571. The molecule has 1 nitrogen and oxygen atoms in total. The van der Waals surface area contributed by atoms with E-state index in [2.05, 4.69) is 19.1 Å². The Labute approximate surface area is 93.1 Å². The lowest BCUT2D eigenvalue weighted by Crippen LogP contribution is -2.09. The molecule has 15 heavy (non-hydrogen) atoms. The molecule has 1 aromatic carbocycles. The lowest BCUT2D eigenvalue weighted by molar-refractivity contribution is 0.161. The second-order valence-electron chi connectivity index (χ2n) is 4.19. The number of aliphatic hydroxyl groups excluding tert-OH is 1. The lowest BCUT2D eigenvalue weighted by Gasteiger charge is -2.10. The Kier molecular flexibility index (Phi) is 6.10. The van der Waals surface area contributed by atoms with E-state index >= 15 is 0 Å². The summed E-state index contributed by atoms with van der Waals surface area (Å²) in [5.41, 5.74) is 1.24. The van der Waals surface area contributed by atoms with Crippen LogP contribution in [0.3, 0.4) is 0 Å². The first-order valence-electron chi connectivity index (χ1n) is 6.05. The molecule has 1 aromatic rings. The number of hydrogen-bond donors (Lipinski definition) is 1. The SMILES string of the molecule is CCCCCC[C@@H](O)Cc1ccccc1. The number of aliphatic hydroxyl groups is 1. The van der Waals surface area contributed by atoms with Crippen molar-refractivity contribution in [2.75, 3.05) is 0 Å². The summed E-state index contributed by atoms with van der Waals surface area (Å²) in [5, 5.41) is 9.80. The third-order valence-electron chi connectivity index (χ3n) is 2.71. The van der Waals surface area contributed by atoms with Crippen LogP contribution in [0.15, 0.2) is 30.3 Å². The molecule has 84 valence electrons. The molecule has 0 aromatic heterocycles. The highest BCUT2D eigenvalue weighted by atomic mass is 16.3.